The normalized spacial score (nSPS) is 18.3. The van der Waals surface area contributed by atoms with E-state index in [2.05, 4.69) is 40.1 Å². The summed E-state index contributed by atoms with van der Waals surface area (Å²) in [6.07, 6.45) is 2.24. The molecule has 0 radical (unpaired) electrons. The fourth-order valence-corrected chi connectivity index (χ4v) is 3.08. The van der Waals surface area contributed by atoms with Crippen molar-refractivity contribution in [3.8, 4) is 5.75 Å². The first kappa shape index (κ1) is 16.3. The third-order valence-electron chi connectivity index (χ3n) is 4.28. The first-order valence-electron chi connectivity index (χ1n) is 7.24. The first-order valence-corrected chi connectivity index (χ1v) is 8.03. The second-order valence-corrected chi connectivity index (χ2v) is 7.00. The molecule has 0 saturated carbocycles. The molecule has 1 heterocycles. The van der Waals surface area contributed by atoms with Crippen LogP contribution in [-0.2, 0) is 0 Å². The minimum Gasteiger partial charge on any atom is -0.496 e. The minimum absolute atomic E-state index is 0.0292. The van der Waals surface area contributed by atoms with E-state index in [-0.39, 0.29) is 11.3 Å². The van der Waals surface area contributed by atoms with E-state index >= 15 is 0 Å². The van der Waals surface area contributed by atoms with Crippen molar-refractivity contribution < 1.29 is 9.53 Å². The SMILES string of the molecule is COc1ccc(C(=O)NCC2(C)CCN(C)CC2)cc1Br. The van der Waals surface area contributed by atoms with Crippen LogP contribution in [0.2, 0.25) is 0 Å². The molecule has 1 aliphatic rings. The third-order valence-corrected chi connectivity index (χ3v) is 4.90. The lowest BCUT2D eigenvalue weighted by atomic mass is 9.80. The average Bonchev–Trinajstić information content (AvgIpc) is 2.48. The van der Waals surface area contributed by atoms with Gasteiger partial charge in [-0.05, 0) is 72.5 Å². The summed E-state index contributed by atoms with van der Waals surface area (Å²) in [5.41, 5.74) is 0.852. The van der Waals surface area contributed by atoms with Crippen molar-refractivity contribution in [2.24, 2.45) is 5.41 Å². The number of ether oxygens (including phenoxy) is 1. The highest BCUT2D eigenvalue weighted by molar-refractivity contribution is 9.10. The van der Waals surface area contributed by atoms with Gasteiger partial charge in [-0.15, -0.1) is 0 Å². The number of benzene rings is 1. The molecule has 0 aliphatic carbocycles. The van der Waals surface area contributed by atoms with Crippen LogP contribution < -0.4 is 10.1 Å². The van der Waals surface area contributed by atoms with Gasteiger partial charge >= 0.3 is 0 Å². The van der Waals surface area contributed by atoms with Crippen molar-refractivity contribution in [1.29, 1.82) is 0 Å². The molecule has 1 aromatic carbocycles. The van der Waals surface area contributed by atoms with E-state index in [9.17, 15) is 4.79 Å². The van der Waals surface area contributed by atoms with Crippen LogP contribution in [0.1, 0.15) is 30.1 Å². The molecule has 0 unspecified atom stereocenters. The Morgan fingerprint density at radius 1 is 1.43 bits per heavy atom. The maximum absolute atomic E-state index is 12.3. The molecule has 116 valence electrons. The zero-order valence-corrected chi connectivity index (χ0v) is 14.5. The van der Waals surface area contributed by atoms with Gasteiger partial charge in [-0.1, -0.05) is 6.92 Å². The maximum Gasteiger partial charge on any atom is 0.251 e. The van der Waals surface area contributed by atoms with Crippen LogP contribution in [0.25, 0.3) is 0 Å². The highest BCUT2D eigenvalue weighted by atomic mass is 79.9. The molecule has 0 atom stereocenters. The molecular formula is C16H23BrN2O2. The van der Waals surface area contributed by atoms with Crippen molar-refractivity contribution in [1.82, 2.24) is 10.2 Å². The van der Waals surface area contributed by atoms with Crippen molar-refractivity contribution in [2.45, 2.75) is 19.8 Å². The number of amides is 1. The molecule has 1 fully saturated rings. The number of methoxy groups -OCH3 is 1. The van der Waals surface area contributed by atoms with E-state index in [1.165, 1.54) is 0 Å². The quantitative estimate of drug-likeness (QED) is 0.903. The Kier molecular flexibility index (Phi) is 5.27. The summed E-state index contributed by atoms with van der Waals surface area (Å²) in [6.45, 7) is 5.18. The number of carbonyl (C=O) groups is 1. The second kappa shape index (κ2) is 6.79. The van der Waals surface area contributed by atoms with E-state index in [1.807, 2.05) is 0 Å². The van der Waals surface area contributed by atoms with Gasteiger partial charge in [0.2, 0.25) is 0 Å². The number of nitrogens with zero attached hydrogens (tertiary/aromatic N) is 1. The van der Waals surface area contributed by atoms with Crippen LogP contribution in [-0.4, -0.2) is 44.6 Å². The van der Waals surface area contributed by atoms with Gasteiger partial charge in [-0.2, -0.15) is 0 Å². The number of likely N-dealkylation sites (tertiary alicyclic amines) is 1. The highest BCUT2D eigenvalue weighted by Crippen LogP contribution is 2.30. The molecule has 1 N–H and O–H groups in total. The number of carbonyl (C=O) groups excluding carboxylic acids is 1. The molecule has 0 bridgehead atoms. The first-order chi connectivity index (χ1) is 9.93. The predicted octanol–water partition coefficient (Wildman–Crippen LogP) is 2.92. The number of hydrogen-bond acceptors (Lipinski definition) is 3. The molecule has 1 aliphatic heterocycles. The van der Waals surface area contributed by atoms with Crippen molar-refractivity contribution in [3.63, 3.8) is 0 Å². The Labute approximate surface area is 135 Å². The van der Waals surface area contributed by atoms with E-state index in [0.717, 1.165) is 42.7 Å². The average molecular weight is 355 g/mol. The number of hydrogen-bond donors (Lipinski definition) is 1. The van der Waals surface area contributed by atoms with Crippen LogP contribution in [0.3, 0.4) is 0 Å². The molecule has 0 aromatic heterocycles. The van der Waals surface area contributed by atoms with Crippen LogP contribution >= 0.6 is 15.9 Å². The topological polar surface area (TPSA) is 41.6 Å². The Bertz CT molecular complexity index is 511. The van der Waals surface area contributed by atoms with Crippen molar-refractivity contribution in [2.75, 3.05) is 33.8 Å². The Balaban J connectivity index is 1.94. The van der Waals surface area contributed by atoms with Gasteiger partial charge in [-0.25, -0.2) is 0 Å². The molecule has 21 heavy (non-hydrogen) atoms. The largest absolute Gasteiger partial charge is 0.496 e. The summed E-state index contributed by atoms with van der Waals surface area (Å²) in [6, 6.07) is 5.39. The van der Waals surface area contributed by atoms with Gasteiger partial charge in [0.1, 0.15) is 5.75 Å². The number of halogens is 1. The molecule has 0 spiro atoms. The van der Waals surface area contributed by atoms with Gasteiger partial charge in [0.05, 0.1) is 11.6 Å². The lowest BCUT2D eigenvalue weighted by Gasteiger charge is -2.37. The van der Waals surface area contributed by atoms with Crippen LogP contribution in [0, 0.1) is 5.41 Å². The van der Waals surface area contributed by atoms with E-state index < -0.39 is 0 Å². The summed E-state index contributed by atoms with van der Waals surface area (Å²) in [4.78, 5) is 14.6. The Morgan fingerprint density at radius 2 is 2.10 bits per heavy atom. The van der Waals surface area contributed by atoms with E-state index in [4.69, 9.17) is 4.74 Å². The highest BCUT2D eigenvalue weighted by Gasteiger charge is 2.29. The smallest absolute Gasteiger partial charge is 0.251 e. The zero-order chi connectivity index (χ0) is 15.5. The monoisotopic (exact) mass is 354 g/mol. The number of rotatable bonds is 4. The third kappa shape index (κ3) is 4.20. The lowest BCUT2D eigenvalue weighted by molar-refractivity contribution is 0.0891. The summed E-state index contributed by atoms with van der Waals surface area (Å²) in [7, 11) is 3.76. The van der Waals surface area contributed by atoms with Crippen molar-refractivity contribution in [3.05, 3.63) is 28.2 Å². The summed E-state index contributed by atoms with van der Waals surface area (Å²) < 4.78 is 5.97. The number of nitrogens with one attached hydrogen (secondary N) is 1. The molecule has 1 saturated heterocycles. The Hall–Kier alpha value is -1.07. The van der Waals surface area contributed by atoms with Gasteiger partial charge in [-0.3, -0.25) is 4.79 Å². The van der Waals surface area contributed by atoms with Crippen LogP contribution in [0.5, 0.6) is 5.75 Å². The lowest BCUT2D eigenvalue weighted by Crippen LogP contribution is -2.43. The van der Waals surface area contributed by atoms with Gasteiger partial charge in [0.25, 0.3) is 5.91 Å². The fourth-order valence-electron chi connectivity index (χ4n) is 2.54. The molecule has 1 amide bonds. The summed E-state index contributed by atoms with van der Waals surface area (Å²) in [5, 5.41) is 3.07. The van der Waals surface area contributed by atoms with Gasteiger partial charge in [0, 0.05) is 12.1 Å². The molecule has 5 heteroatoms. The maximum atomic E-state index is 12.3. The van der Waals surface area contributed by atoms with Gasteiger partial charge < -0.3 is 15.0 Å². The minimum atomic E-state index is -0.0292. The van der Waals surface area contributed by atoms with Crippen molar-refractivity contribution >= 4 is 21.8 Å². The fraction of sp³-hybridized carbons (Fsp3) is 0.562. The second-order valence-electron chi connectivity index (χ2n) is 6.15. The zero-order valence-electron chi connectivity index (χ0n) is 12.9. The van der Waals surface area contributed by atoms with Crippen LogP contribution in [0.4, 0.5) is 0 Å². The summed E-state index contributed by atoms with van der Waals surface area (Å²) in [5.74, 6) is 0.701. The van der Waals surface area contributed by atoms with Crippen LogP contribution in [0.15, 0.2) is 22.7 Å². The molecule has 1 aromatic rings. The predicted molar refractivity (Wildman–Crippen MR) is 87.9 cm³/mol. The molecule has 2 rings (SSSR count). The summed E-state index contributed by atoms with van der Waals surface area (Å²) >= 11 is 3.41. The number of piperidine rings is 1. The standard InChI is InChI=1S/C16H23BrN2O2/c1-16(6-8-19(2)9-7-16)11-18-15(20)12-4-5-14(21-3)13(17)10-12/h4-5,10H,6-9,11H2,1-3H3,(H,18,20). The Morgan fingerprint density at radius 3 is 2.67 bits per heavy atom. The van der Waals surface area contributed by atoms with Gasteiger partial charge in [0.15, 0.2) is 0 Å². The van der Waals surface area contributed by atoms with E-state index in [0.29, 0.717) is 5.56 Å². The molecular weight excluding hydrogens is 332 g/mol. The molecule has 4 nitrogen and oxygen atoms in total. The van der Waals surface area contributed by atoms with E-state index in [1.54, 1.807) is 25.3 Å².